The molecule has 3 nitrogen and oxygen atoms in total. The molecule has 0 unspecified atom stereocenters. The topological polar surface area (TPSA) is 48.7 Å². The monoisotopic (exact) mass is 309 g/mol. The van der Waals surface area contributed by atoms with Crippen molar-refractivity contribution in [2.45, 2.75) is 0 Å². The van der Waals surface area contributed by atoms with Crippen LogP contribution in [-0.4, -0.2) is 4.98 Å². The molecule has 0 aliphatic carbocycles. The van der Waals surface area contributed by atoms with Gasteiger partial charge in [-0.3, -0.25) is 0 Å². The summed E-state index contributed by atoms with van der Waals surface area (Å²) >= 11 is 2.99. The standard InChI is InChI=1S/C12H6BrF2N3/c13-7-4-9(14)12(10(15)5-7)18-11-3-1-2-8(6-16)17-11/h1-5H,(H,17,18). The largest absolute Gasteiger partial charge is 0.335 e. The predicted octanol–water partition coefficient (Wildman–Crippen LogP) is 3.74. The Morgan fingerprint density at radius 1 is 1.22 bits per heavy atom. The SMILES string of the molecule is N#Cc1cccc(Nc2c(F)cc(Br)cc2F)n1. The number of pyridine rings is 1. The van der Waals surface area contributed by atoms with Gasteiger partial charge in [0.1, 0.15) is 23.3 Å². The van der Waals surface area contributed by atoms with Crippen molar-refractivity contribution < 1.29 is 8.78 Å². The molecule has 0 saturated heterocycles. The molecule has 1 aromatic carbocycles. The maximum Gasteiger partial charge on any atom is 0.150 e. The van der Waals surface area contributed by atoms with E-state index in [-0.39, 0.29) is 17.2 Å². The van der Waals surface area contributed by atoms with E-state index in [0.717, 1.165) is 12.1 Å². The molecule has 0 bridgehead atoms. The highest BCUT2D eigenvalue weighted by atomic mass is 79.9. The van der Waals surface area contributed by atoms with E-state index in [1.54, 1.807) is 6.07 Å². The smallest absolute Gasteiger partial charge is 0.150 e. The van der Waals surface area contributed by atoms with Gasteiger partial charge in [-0.25, -0.2) is 13.8 Å². The van der Waals surface area contributed by atoms with Crippen LogP contribution in [0.5, 0.6) is 0 Å². The minimum absolute atomic E-state index is 0.165. The fourth-order valence-electron chi connectivity index (χ4n) is 1.36. The summed E-state index contributed by atoms with van der Waals surface area (Å²) in [5.41, 5.74) is -0.140. The Bertz CT molecular complexity index is 614. The van der Waals surface area contributed by atoms with Crippen LogP contribution in [0.1, 0.15) is 5.69 Å². The molecule has 0 fully saturated rings. The minimum Gasteiger partial charge on any atom is -0.335 e. The van der Waals surface area contributed by atoms with E-state index in [1.165, 1.54) is 12.1 Å². The van der Waals surface area contributed by atoms with Crippen LogP contribution in [0.4, 0.5) is 20.3 Å². The van der Waals surface area contributed by atoms with Crippen LogP contribution < -0.4 is 5.32 Å². The highest BCUT2D eigenvalue weighted by Gasteiger charge is 2.11. The molecule has 0 saturated carbocycles. The summed E-state index contributed by atoms with van der Waals surface area (Å²) < 4.78 is 27.4. The Morgan fingerprint density at radius 3 is 2.50 bits per heavy atom. The number of nitrogens with one attached hydrogen (secondary N) is 1. The lowest BCUT2D eigenvalue weighted by Crippen LogP contribution is -2.00. The van der Waals surface area contributed by atoms with Crippen molar-refractivity contribution in [1.29, 1.82) is 5.26 Å². The molecule has 1 aromatic heterocycles. The predicted molar refractivity (Wildman–Crippen MR) is 66.3 cm³/mol. The number of hydrogen-bond donors (Lipinski definition) is 1. The summed E-state index contributed by atoms with van der Waals surface area (Å²) in [7, 11) is 0. The second kappa shape index (κ2) is 5.10. The summed E-state index contributed by atoms with van der Waals surface area (Å²) in [6.07, 6.45) is 0. The van der Waals surface area contributed by atoms with Crippen LogP contribution in [0.25, 0.3) is 0 Å². The number of aromatic nitrogens is 1. The van der Waals surface area contributed by atoms with Gasteiger partial charge >= 0.3 is 0 Å². The molecule has 1 N–H and O–H groups in total. The molecule has 0 aliphatic heterocycles. The molecule has 90 valence electrons. The van der Waals surface area contributed by atoms with Gasteiger partial charge in [-0.05, 0) is 24.3 Å². The van der Waals surface area contributed by atoms with Crippen molar-refractivity contribution in [2.75, 3.05) is 5.32 Å². The van der Waals surface area contributed by atoms with E-state index in [2.05, 4.69) is 26.2 Å². The molecule has 0 radical (unpaired) electrons. The summed E-state index contributed by atoms with van der Waals surface area (Å²) in [4.78, 5) is 3.87. The van der Waals surface area contributed by atoms with Crippen LogP contribution in [0.15, 0.2) is 34.8 Å². The lowest BCUT2D eigenvalue weighted by Gasteiger charge is -2.08. The number of nitrogens with zero attached hydrogens (tertiary/aromatic N) is 2. The van der Waals surface area contributed by atoms with Crippen molar-refractivity contribution in [1.82, 2.24) is 4.98 Å². The second-order valence-corrected chi connectivity index (χ2v) is 4.30. The van der Waals surface area contributed by atoms with Crippen molar-refractivity contribution in [3.05, 3.63) is 52.1 Å². The number of hydrogen-bond acceptors (Lipinski definition) is 3. The third-order valence-electron chi connectivity index (χ3n) is 2.12. The number of halogens is 3. The maximum atomic E-state index is 13.6. The van der Waals surface area contributed by atoms with Gasteiger partial charge in [-0.15, -0.1) is 0 Å². The molecule has 0 amide bonds. The Morgan fingerprint density at radius 2 is 1.89 bits per heavy atom. The van der Waals surface area contributed by atoms with E-state index in [4.69, 9.17) is 5.26 Å². The van der Waals surface area contributed by atoms with Gasteiger partial charge in [0.15, 0.2) is 11.6 Å². The molecule has 0 atom stereocenters. The van der Waals surface area contributed by atoms with Gasteiger partial charge in [-0.2, -0.15) is 5.26 Å². The molecular formula is C12H6BrF2N3. The van der Waals surface area contributed by atoms with E-state index in [1.807, 2.05) is 6.07 Å². The molecule has 6 heteroatoms. The zero-order chi connectivity index (χ0) is 13.1. The minimum atomic E-state index is -0.744. The van der Waals surface area contributed by atoms with Gasteiger partial charge in [0.25, 0.3) is 0 Å². The molecule has 0 aliphatic rings. The first-order valence-electron chi connectivity index (χ1n) is 4.89. The van der Waals surface area contributed by atoms with Crippen LogP contribution in [0, 0.1) is 23.0 Å². The third kappa shape index (κ3) is 2.63. The van der Waals surface area contributed by atoms with Gasteiger partial charge < -0.3 is 5.32 Å². The summed E-state index contributed by atoms with van der Waals surface area (Å²) in [6.45, 7) is 0. The number of benzene rings is 1. The number of rotatable bonds is 2. The molecule has 18 heavy (non-hydrogen) atoms. The lowest BCUT2D eigenvalue weighted by molar-refractivity contribution is 0.589. The molecule has 2 aromatic rings. The Labute approximate surface area is 110 Å². The molecule has 1 heterocycles. The molecule has 2 rings (SSSR count). The average Bonchev–Trinajstić information content (AvgIpc) is 2.34. The second-order valence-electron chi connectivity index (χ2n) is 3.39. The first-order valence-corrected chi connectivity index (χ1v) is 5.68. The quantitative estimate of drug-likeness (QED) is 0.919. The zero-order valence-electron chi connectivity index (χ0n) is 8.92. The highest BCUT2D eigenvalue weighted by molar-refractivity contribution is 9.10. The lowest BCUT2D eigenvalue weighted by atomic mass is 10.3. The van der Waals surface area contributed by atoms with Gasteiger partial charge in [0.2, 0.25) is 0 Å². The summed E-state index contributed by atoms with van der Waals surface area (Å²) in [5, 5.41) is 11.2. The van der Waals surface area contributed by atoms with Gasteiger partial charge in [0, 0.05) is 4.47 Å². The van der Waals surface area contributed by atoms with Gasteiger partial charge in [-0.1, -0.05) is 22.0 Å². The van der Waals surface area contributed by atoms with Crippen LogP contribution in [-0.2, 0) is 0 Å². The van der Waals surface area contributed by atoms with Crippen LogP contribution in [0.2, 0.25) is 0 Å². The zero-order valence-corrected chi connectivity index (χ0v) is 10.5. The van der Waals surface area contributed by atoms with Crippen molar-refractivity contribution in [3.63, 3.8) is 0 Å². The van der Waals surface area contributed by atoms with Crippen molar-refractivity contribution >= 4 is 27.4 Å². The fraction of sp³-hybridized carbons (Fsp3) is 0. The first-order chi connectivity index (χ1) is 8.60. The van der Waals surface area contributed by atoms with E-state index in [0.29, 0.717) is 4.47 Å². The first kappa shape index (κ1) is 12.5. The Balaban J connectivity index is 2.37. The summed E-state index contributed by atoms with van der Waals surface area (Å²) in [5.74, 6) is -1.29. The normalized spacial score (nSPS) is 9.89. The third-order valence-corrected chi connectivity index (χ3v) is 2.58. The Hall–Kier alpha value is -2.00. The highest BCUT2D eigenvalue weighted by Crippen LogP contribution is 2.26. The van der Waals surface area contributed by atoms with Gasteiger partial charge in [0.05, 0.1) is 0 Å². The van der Waals surface area contributed by atoms with Crippen molar-refractivity contribution in [3.8, 4) is 6.07 Å². The fourth-order valence-corrected chi connectivity index (χ4v) is 1.76. The van der Waals surface area contributed by atoms with E-state index >= 15 is 0 Å². The van der Waals surface area contributed by atoms with E-state index < -0.39 is 11.6 Å². The van der Waals surface area contributed by atoms with Crippen molar-refractivity contribution in [2.24, 2.45) is 0 Å². The Kier molecular flexibility index (Phi) is 3.53. The maximum absolute atomic E-state index is 13.6. The number of anilines is 2. The summed E-state index contributed by atoms with van der Waals surface area (Å²) in [6, 6.07) is 8.71. The number of nitriles is 1. The van der Waals surface area contributed by atoms with E-state index in [9.17, 15) is 8.78 Å². The van der Waals surface area contributed by atoms with Crippen LogP contribution in [0.3, 0.4) is 0 Å². The molecular weight excluding hydrogens is 304 g/mol. The average molecular weight is 310 g/mol. The van der Waals surface area contributed by atoms with Crippen LogP contribution >= 0.6 is 15.9 Å². The molecule has 0 spiro atoms.